The van der Waals surface area contributed by atoms with Crippen molar-refractivity contribution in [1.29, 1.82) is 31.6 Å². The minimum absolute atomic E-state index is 0.00768. The Morgan fingerprint density at radius 2 is 0.744 bits per heavy atom. The van der Waals surface area contributed by atoms with Crippen LogP contribution in [0.25, 0.3) is 130 Å². The summed E-state index contributed by atoms with van der Waals surface area (Å²) in [6, 6.07) is 59.2. The molecule has 0 N–H and O–H groups in total. The summed E-state index contributed by atoms with van der Waals surface area (Å²) >= 11 is 0. The van der Waals surface area contributed by atoms with Crippen molar-refractivity contribution in [3.05, 3.63) is 261 Å². The molecule has 0 saturated carbocycles. The number of halogens is 3. The molecule has 10 aromatic carbocycles. The molecule has 0 aliphatic carbocycles. The highest BCUT2D eigenvalue weighted by Gasteiger charge is 2.37. The van der Waals surface area contributed by atoms with Gasteiger partial charge >= 0.3 is 6.18 Å². The summed E-state index contributed by atoms with van der Waals surface area (Å²) in [7, 11) is 0. The molecule has 0 radical (unpaired) electrons. The van der Waals surface area contributed by atoms with Crippen molar-refractivity contribution in [3.63, 3.8) is 0 Å². The lowest BCUT2D eigenvalue weighted by atomic mass is 9.92. The van der Waals surface area contributed by atoms with E-state index in [1.807, 2.05) is 0 Å². The summed E-state index contributed by atoms with van der Waals surface area (Å²) in [5.41, 5.74) is 4.34. The van der Waals surface area contributed by atoms with Gasteiger partial charge in [-0.25, -0.2) is 19.4 Å². The first-order valence-corrected chi connectivity index (χ1v) is 25.8. The summed E-state index contributed by atoms with van der Waals surface area (Å²) in [4.78, 5) is 14.5. The highest BCUT2D eigenvalue weighted by molar-refractivity contribution is 6.15. The van der Waals surface area contributed by atoms with Crippen molar-refractivity contribution in [2.24, 2.45) is 0 Å². The Morgan fingerprint density at radius 1 is 0.349 bits per heavy atom. The van der Waals surface area contributed by atoms with E-state index in [1.165, 1.54) is 42.5 Å². The number of aromatic nitrogens is 2. The molecule has 15 heteroatoms. The Morgan fingerprint density at radius 3 is 1.14 bits per heavy atom. The van der Waals surface area contributed by atoms with E-state index in [0.29, 0.717) is 88.1 Å². The smallest absolute Gasteiger partial charge is 0.309 e. The number of fused-ring (bicyclic) bond motifs is 6. The maximum atomic E-state index is 16.3. The third-order valence-corrected chi connectivity index (χ3v) is 15.2. The molecule has 394 valence electrons. The van der Waals surface area contributed by atoms with Gasteiger partial charge in [-0.05, 0) is 117 Å². The predicted molar refractivity (Wildman–Crippen MR) is 321 cm³/mol. The van der Waals surface area contributed by atoms with E-state index in [-0.39, 0.29) is 67.4 Å². The van der Waals surface area contributed by atoms with Crippen LogP contribution in [0.3, 0.4) is 0 Å². The molecule has 2 heterocycles. The van der Waals surface area contributed by atoms with Crippen LogP contribution in [0.1, 0.15) is 38.9 Å². The topological polar surface area (TPSA) is 170 Å². The molecule has 12 nitrogen and oxygen atoms in total. The number of alkyl halides is 3. The molecule has 0 aliphatic heterocycles. The highest BCUT2D eigenvalue weighted by atomic mass is 19.4. The highest BCUT2D eigenvalue weighted by Crippen LogP contribution is 2.51. The lowest BCUT2D eigenvalue weighted by Gasteiger charge is -2.24. The van der Waals surface area contributed by atoms with E-state index in [9.17, 15) is 31.6 Å². The van der Waals surface area contributed by atoms with Gasteiger partial charge in [0.2, 0.25) is 0 Å². The molecule has 0 spiro atoms. The zero-order valence-corrected chi connectivity index (χ0v) is 44.2. The van der Waals surface area contributed by atoms with E-state index < -0.39 is 23.0 Å². The minimum Gasteiger partial charge on any atom is -0.309 e. The fourth-order valence-electron chi connectivity index (χ4n) is 11.4. The van der Waals surface area contributed by atoms with Gasteiger partial charge < -0.3 is 9.13 Å². The lowest BCUT2D eigenvalue weighted by Crippen LogP contribution is -2.11. The van der Waals surface area contributed by atoms with Crippen molar-refractivity contribution in [1.82, 2.24) is 9.13 Å². The summed E-state index contributed by atoms with van der Waals surface area (Å²) in [6.07, 6.45) is -5.10. The molecule has 0 bridgehead atoms. The molecule has 0 fully saturated rings. The van der Waals surface area contributed by atoms with Crippen molar-refractivity contribution in [2.45, 2.75) is 6.18 Å². The number of benzene rings is 10. The first-order chi connectivity index (χ1) is 41.8. The van der Waals surface area contributed by atoms with Crippen LogP contribution in [-0.2, 0) is 6.18 Å². The SMILES string of the molecule is [C-]#[N+]c1ccc(-c2ccc3c4ccc(-c5ccc(C#N)cc5C#N)cc4n(-c4cc(C#N)cc(-n5c6cc(-c7ccc([N+]#[C-])cc7C#N)ccc6c6ccc(-c7ccc(C#N)cc7[N+]#[C-])cc65)c4-c4c([N+]#[C-])cccc4C(F)(F)F)c3c2)c(C#N)c1. The van der Waals surface area contributed by atoms with E-state index in [2.05, 4.69) is 55.8 Å². The molecule has 0 saturated heterocycles. The van der Waals surface area contributed by atoms with Gasteiger partial charge in [-0.15, -0.1) is 0 Å². The zero-order valence-electron chi connectivity index (χ0n) is 44.2. The number of hydrogen-bond donors (Lipinski definition) is 0. The van der Waals surface area contributed by atoms with Crippen LogP contribution in [0.15, 0.2) is 176 Å². The zero-order chi connectivity index (χ0) is 60.1. The van der Waals surface area contributed by atoms with Gasteiger partial charge in [-0.2, -0.15) is 44.7 Å². The van der Waals surface area contributed by atoms with Crippen LogP contribution in [0, 0.1) is 94.3 Å². The van der Waals surface area contributed by atoms with Crippen LogP contribution in [0.2, 0.25) is 0 Å². The molecule has 2 aromatic heterocycles. The fourth-order valence-corrected chi connectivity index (χ4v) is 11.4. The van der Waals surface area contributed by atoms with Crippen molar-refractivity contribution in [3.8, 4) is 103 Å². The quantitative estimate of drug-likeness (QED) is 0.144. The van der Waals surface area contributed by atoms with Crippen molar-refractivity contribution >= 4 is 66.4 Å². The number of rotatable bonds is 7. The standard InChI is InChI=1S/C71H29F3N12/c1-81-50-14-22-53(48(28-50)38-79)44-11-19-57-56-18-10-43(52-16-8-40(34-75)24-47(52)37-78)30-63(56)85(64(57)31-44)67-26-42(36-77)27-68(70(67)69-60(71(72,73)74)6-5-7-61(69)83-3)86-65-32-45(54-23-15-51(82-2)29-49(54)39-80)12-20-58(65)59-21-13-46(33-66(59)86)55-17-9-41(35-76)25-62(55)84-4/h5-33H. The van der Waals surface area contributed by atoms with Crippen LogP contribution in [0.4, 0.5) is 35.9 Å². The molecule has 0 aliphatic rings. The second-order valence-corrected chi connectivity index (χ2v) is 19.8. The van der Waals surface area contributed by atoms with Gasteiger partial charge in [-0.3, -0.25) is 0 Å². The summed E-state index contributed by atoms with van der Waals surface area (Å²) < 4.78 is 52.2. The Kier molecular flexibility index (Phi) is 12.9. The van der Waals surface area contributed by atoms with Gasteiger partial charge in [0, 0.05) is 49.4 Å². The average Bonchev–Trinajstić information content (AvgIpc) is 1.66. The van der Waals surface area contributed by atoms with Gasteiger partial charge in [-0.1, -0.05) is 103 Å². The van der Waals surface area contributed by atoms with E-state index in [1.54, 1.807) is 130 Å². The molecular weight excluding hydrogens is 1080 g/mol. The van der Waals surface area contributed by atoms with Crippen LogP contribution < -0.4 is 0 Å². The second kappa shape index (κ2) is 20.9. The van der Waals surface area contributed by atoms with Gasteiger partial charge in [0.25, 0.3) is 0 Å². The van der Waals surface area contributed by atoms with Crippen LogP contribution >= 0.6 is 0 Å². The number of hydrogen-bond acceptors (Lipinski definition) is 6. The molecular formula is C71H29F3N12. The van der Waals surface area contributed by atoms with Crippen molar-refractivity contribution < 1.29 is 13.2 Å². The Hall–Kier alpha value is -13.5. The fraction of sp³-hybridized carbons (Fsp3) is 0.0141. The third kappa shape index (κ3) is 8.64. The third-order valence-electron chi connectivity index (χ3n) is 15.2. The lowest BCUT2D eigenvalue weighted by molar-refractivity contribution is -0.137. The van der Waals surface area contributed by atoms with Gasteiger partial charge in [0.1, 0.15) is 0 Å². The normalized spacial score (nSPS) is 10.8. The molecule has 12 aromatic rings. The summed E-state index contributed by atoms with van der Waals surface area (Å²) in [5, 5.41) is 64.6. The maximum absolute atomic E-state index is 16.3. The molecule has 0 amide bonds. The van der Waals surface area contributed by atoms with Gasteiger partial charge in [0.05, 0.1) is 118 Å². The van der Waals surface area contributed by atoms with E-state index in [4.69, 9.17) is 26.3 Å². The largest absolute Gasteiger partial charge is 0.415 e. The number of nitriles is 6. The Balaban J connectivity index is 1.31. The maximum Gasteiger partial charge on any atom is 0.415 e. The monoisotopic (exact) mass is 1110 g/mol. The molecule has 86 heavy (non-hydrogen) atoms. The van der Waals surface area contributed by atoms with Gasteiger partial charge in [0.15, 0.2) is 22.7 Å². The second-order valence-electron chi connectivity index (χ2n) is 19.8. The Bertz CT molecular complexity index is 4930. The van der Waals surface area contributed by atoms with E-state index >= 15 is 13.2 Å². The Labute approximate surface area is 488 Å². The molecule has 0 atom stereocenters. The summed E-state index contributed by atoms with van der Waals surface area (Å²) in [5.74, 6) is 0. The van der Waals surface area contributed by atoms with Crippen LogP contribution in [-0.4, -0.2) is 9.13 Å². The average molecular weight is 1110 g/mol. The van der Waals surface area contributed by atoms with Crippen molar-refractivity contribution in [2.75, 3.05) is 0 Å². The summed E-state index contributed by atoms with van der Waals surface area (Å²) in [6.45, 7) is 32.1. The molecule has 12 rings (SSSR count). The minimum atomic E-state index is -5.10. The number of nitrogens with zero attached hydrogens (tertiary/aromatic N) is 12. The molecule has 0 unspecified atom stereocenters. The predicted octanol–water partition coefficient (Wildman–Crippen LogP) is 18.7. The first-order valence-electron chi connectivity index (χ1n) is 25.8. The van der Waals surface area contributed by atoms with Crippen LogP contribution in [0.5, 0.6) is 0 Å². The first kappa shape index (κ1) is 53.1. The van der Waals surface area contributed by atoms with E-state index in [0.717, 1.165) is 12.1 Å².